The molecule has 3 nitrogen and oxygen atoms in total. The molecule has 70 valence electrons. The lowest BCUT2D eigenvalue weighted by molar-refractivity contribution is 0.0599. The Hall–Kier alpha value is -0.300. The number of carbonyl (C=O) groups excluding carboxylic acids is 1. The molecule has 0 unspecified atom stereocenters. The van der Waals surface area contributed by atoms with Crippen LogP contribution < -0.4 is 5.73 Å². The zero-order valence-corrected chi connectivity index (χ0v) is 10.5. The Bertz CT molecular complexity index is 354. The first-order valence-corrected chi connectivity index (χ1v) is 5.26. The molecule has 2 N–H and O–H groups in total. The number of hydrogen-bond acceptors (Lipinski definition) is 3. The fourth-order valence-electron chi connectivity index (χ4n) is 0.829. The summed E-state index contributed by atoms with van der Waals surface area (Å²) in [5, 5.41) is 0. The van der Waals surface area contributed by atoms with Gasteiger partial charge in [-0.05, 0) is 50.7 Å². The molecule has 0 aliphatic carbocycles. The lowest BCUT2D eigenvalue weighted by Gasteiger charge is -2.05. The summed E-state index contributed by atoms with van der Waals surface area (Å²) in [5.41, 5.74) is 6.77. The molecule has 0 bridgehead atoms. The van der Waals surface area contributed by atoms with Crippen LogP contribution in [0.5, 0.6) is 0 Å². The Labute approximate surface area is 97.9 Å². The van der Waals surface area contributed by atoms with Gasteiger partial charge in [-0.15, -0.1) is 0 Å². The van der Waals surface area contributed by atoms with Gasteiger partial charge in [-0.25, -0.2) is 4.79 Å². The highest BCUT2D eigenvalue weighted by atomic mass is 127. The van der Waals surface area contributed by atoms with Crippen molar-refractivity contribution in [1.29, 1.82) is 0 Å². The number of carbonyl (C=O) groups is 1. The smallest absolute Gasteiger partial charge is 0.339 e. The molecule has 0 radical (unpaired) electrons. The standard InChI is InChI=1S/C8H7BrINO2/c1-13-8(12)4-2-6(10)7(11)3-5(4)9/h2-3H,11H2,1H3. The quantitative estimate of drug-likeness (QED) is 0.478. The van der Waals surface area contributed by atoms with Crippen molar-refractivity contribution in [3.05, 3.63) is 25.7 Å². The number of halogens is 2. The van der Waals surface area contributed by atoms with Gasteiger partial charge >= 0.3 is 5.97 Å². The second-order valence-corrected chi connectivity index (χ2v) is 4.36. The van der Waals surface area contributed by atoms with Crippen LogP contribution in [0, 0.1) is 3.57 Å². The maximum Gasteiger partial charge on any atom is 0.339 e. The van der Waals surface area contributed by atoms with Gasteiger partial charge in [0.05, 0.1) is 12.7 Å². The van der Waals surface area contributed by atoms with E-state index >= 15 is 0 Å². The topological polar surface area (TPSA) is 52.3 Å². The van der Waals surface area contributed by atoms with Crippen LogP contribution >= 0.6 is 38.5 Å². The molecule has 0 aromatic heterocycles. The summed E-state index contributed by atoms with van der Waals surface area (Å²) < 4.78 is 6.08. The molecule has 0 saturated carbocycles. The molecule has 1 rings (SSSR count). The Morgan fingerprint density at radius 3 is 2.77 bits per heavy atom. The van der Waals surface area contributed by atoms with Gasteiger partial charge in [0.2, 0.25) is 0 Å². The van der Waals surface area contributed by atoms with E-state index in [1.165, 1.54) is 7.11 Å². The number of nitrogen functional groups attached to an aromatic ring is 1. The van der Waals surface area contributed by atoms with Gasteiger partial charge in [0.25, 0.3) is 0 Å². The first kappa shape index (κ1) is 10.8. The van der Waals surface area contributed by atoms with Gasteiger partial charge in [-0.2, -0.15) is 0 Å². The molecule has 0 spiro atoms. The number of esters is 1. The minimum absolute atomic E-state index is 0.371. The minimum Gasteiger partial charge on any atom is -0.465 e. The van der Waals surface area contributed by atoms with Gasteiger partial charge in [0, 0.05) is 13.7 Å². The highest BCUT2D eigenvalue weighted by Crippen LogP contribution is 2.25. The number of rotatable bonds is 1. The molecule has 13 heavy (non-hydrogen) atoms. The van der Waals surface area contributed by atoms with Gasteiger partial charge < -0.3 is 10.5 Å². The molecule has 0 saturated heterocycles. The van der Waals surface area contributed by atoms with Crippen LogP contribution in [0.4, 0.5) is 5.69 Å². The molecule has 5 heteroatoms. The molecular weight excluding hydrogens is 349 g/mol. The highest BCUT2D eigenvalue weighted by Gasteiger charge is 2.12. The summed E-state index contributed by atoms with van der Waals surface area (Å²) in [5.74, 6) is -0.371. The molecule has 0 fully saturated rings. The number of anilines is 1. The third kappa shape index (κ3) is 2.34. The summed E-state index contributed by atoms with van der Waals surface area (Å²) in [6.07, 6.45) is 0. The Kier molecular flexibility index (Phi) is 3.55. The van der Waals surface area contributed by atoms with E-state index in [-0.39, 0.29) is 5.97 Å². The lowest BCUT2D eigenvalue weighted by atomic mass is 10.2. The highest BCUT2D eigenvalue weighted by molar-refractivity contribution is 14.1. The monoisotopic (exact) mass is 355 g/mol. The number of ether oxygens (including phenoxy) is 1. The fraction of sp³-hybridized carbons (Fsp3) is 0.125. The molecule has 1 aromatic rings. The second-order valence-electron chi connectivity index (χ2n) is 2.35. The van der Waals surface area contributed by atoms with Crippen molar-refractivity contribution < 1.29 is 9.53 Å². The van der Waals surface area contributed by atoms with Crippen LogP contribution in [-0.4, -0.2) is 13.1 Å². The Morgan fingerprint density at radius 2 is 2.23 bits per heavy atom. The van der Waals surface area contributed by atoms with E-state index < -0.39 is 0 Å². The number of benzene rings is 1. The number of hydrogen-bond donors (Lipinski definition) is 1. The third-order valence-electron chi connectivity index (χ3n) is 1.49. The van der Waals surface area contributed by atoms with Gasteiger partial charge in [0.15, 0.2) is 0 Å². The molecule has 1 aromatic carbocycles. The average Bonchev–Trinajstić information content (AvgIpc) is 2.10. The van der Waals surface area contributed by atoms with E-state index in [0.717, 1.165) is 3.57 Å². The molecular formula is C8H7BrINO2. The van der Waals surface area contributed by atoms with E-state index in [9.17, 15) is 4.79 Å². The third-order valence-corrected chi connectivity index (χ3v) is 3.08. The van der Waals surface area contributed by atoms with E-state index in [1.807, 2.05) is 0 Å². The van der Waals surface area contributed by atoms with Crippen molar-refractivity contribution in [3.63, 3.8) is 0 Å². The lowest BCUT2D eigenvalue weighted by Crippen LogP contribution is -2.04. The number of methoxy groups -OCH3 is 1. The zero-order chi connectivity index (χ0) is 10.0. The Morgan fingerprint density at radius 1 is 1.62 bits per heavy atom. The van der Waals surface area contributed by atoms with Crippen LogP contribution in [0.2, 0.25) is 0 Å². The van der Waals surface area contributed by atoms with Crippen molar-refractivity contribution in [3.8, 4) is 0 Å². The summed E-state index contributed by atoms with van der Waals surface area (Å²) in [6.45, 7) is 0. The van der Waals surface area contributed by atoms with Crippen LogP contribution in [0.3, 0.4) is 0 Å². The van der Waals surface area contributed by atoms with Crippen molar-refractivity contribution in [2.75, 3.05) is 12.8 Å². The molecule has 0 aliphatic heterocycles. The van der Waals surface area contributed by atoms with E-state index in [2.05, 4.69) is 43.3 Å². The van der Waals surface area contributed by atoms with E-state index in [0.29, 0.717) is 15.7 Å². The predicted octanol–water partition coefficient (Wildman–Crippen LogP) is 2.42. The van der Waals surface area contributed by atoms with Crippen LogP contribution in [-0.2, 0) is 4.74 Å². The van der Waals surface area contributed by atoms with E-state index in [4.69, 9.17) is 5.73 Å². The molecule has 0 aliphatic rings. The van der Waals surface area contributed by atoms with Crippen molar-refractivity contribution >= 4 is 50.2 Å². The largest absolute Gasteiger partial charge is 0.465 e. The van der Waals surface area contributed by atoms with Gasteiger partial charge in [0.1, 0.15) is 0 Å². The maximum atomic E-state index is 11.2. The van der Waals surface area contributed by atoms with E-state index in [1.54, 1.807) is 12.1 Å². The van der Waals surface area contributed by atoms with Crippen LogP contribution in [0.1, 0.15) is 10.4 Å². The molecule has 0 atom stereocenters. The van der Waals surface area contributed by atoms with Gasteiger partial charge in [-0.1, -0.05) is 0 Å². The summed E-state index contributed by atoms with van der Waals surface area (Å²) in [6, 6.07) is 3.37. The normalized spacial score (nSPS) is 9.77. The number of nitrogens with two attached hydrogens (primary N) is 1. The predicted molar refractivity (Wildman–Crippen MR) is 62.6 cm³/mol. The van der Waals surface area contributed by atoms with Crippen molar-refractivity contribution in [2.45, 2.75) is 0 Å². The fourth-order valence-corrected chi connectivity index (χ4v) is 1.82. The summed E-state index contributed by atoms with van der Waals surface area (Å²) >= 11 is 5.30. The zero-order valence-electron chi connectivity index (χ0n) is 6.80. The molecule has 0 amide bonds. The van der Waals surface area contributed by atoms with Crippen LogP contribution in [0.25, 0.3) is 0 Å². The minimum atomic E-state index is -0.371. The summed E-state index contributed by atoms with van der Waals surface area (Å²) in [4.78, 5) is 11.2. The molecule has 0 heterocycles. The summed E-state index contributed by atoms with van der Waals surface area (Å²) in [7, 11) is 1.35. The first-order valence-electron chi connectivity index (χ1n) is 3.39. The van der Waals surface area contributed by atoms with Gasteiger partial charge in [-0.3, -0.25) is 0 Å². The van der Waals surface area contributed by atoms with Crippen LogP contribution in [0.15, 0.2) is 16.6 Å². The Balaban J connectivity index is 3.23. The second kappa shape index (κ2) is 4.28. The van der Waals surface area contributed by atoms with Crippen molar-refractivity contribution in [2.24, 2.45) is 0 Å². The van der Waals surface area contributed by atoms with Crippen molar-refractivity contribution in [1.82, 2.24) is 0 Å². The first-order chi connectivity index (χ1) is 6.06. The average molecular weight is 356 g/mol. The maximum absolute atomic E-state index is 11.2. The SMILES string of the molecule is COC(=O)c1cc(I)c(N)cc1Br.